The first-order chi connectivity index (χ1) is 16.2. The maximum absolute atomic E-state index is 4.16. The van der Waals surface area contributed by atoms with Crippen LogP contribution in [0.3, 0.4) is 0 Å². The smallest absolute Gasteiger partial charge is 0.0461 e. The molecule has 0 bridgehead atoms. The fourth-order valence-electron chi connectivity index (χ4n) is 4.14. The van der Waals surface area contributed by atoms with Gasteiger partial charge in [0.2, 0.25) is 0 Å². The van der Waals surface area contributed by atoms with Gasteiger partial charge in [-0.3, -0.25) is 0 Å². The van der Waals surface area contributed by atoms with Gasteiger partial charge < -0.3 is 4.90 Å². The molecule has 0 aliphatic rings. The Balaban J connectivity index is 1.41. The minimum Gasteiger partial charge on any atom is -0.311 e. The van der Waals surface area contributed by atoms with Crippen LogP contribution in [-0.4, -0.2) is 0 Å². The van der Waals surface area contributed by atoms with Crippen LogP contribution in [0.1, 0.15) is 11.1 Å². The first-order valence-corrected chi connectivity index (χ1v) is 11.1. The van der Waals surface area contributed by atoms with Crippen LogP contribution in [0, 0.1) is 0 Å². The number of hydrogen-bond acceptors (Lipinski definition) is 1. The third-order valence-electron chi connectivity index (χ3n) is 5.89. The Hall–Kier alpha value is -4.36. The van der Waals surface area contributed by atoms with Crippen molar-refractivity contribution in [3.63, 3.8) is 0 Å². The van der Waals surface area contributed by atoms with E-state index in [0.717, 1.165) is 22.6 Å². The first kappa shape index (κ1) is 20.5. The highest BCUT2D eigenvalue weighted by molar-refractivity contribution is 5.99. The van der Waals surface area contributed by atoms with Crippen molar-refractivity contribution in [2.45, 2.75) is 0 Å². The lowest BCUT2D eigenvalue weighted by Crippen LogP contribution is -2.13. The Bertz CT molecular complexity index is 1470. The highest BCUT2D eigenvalue weighted by Gasteiger charge is 2.10. The summed E-state index contributed by atoms with van der Waals surface area (Å²) in [5, 5.41) is 5.06. The Morgan fingerprint density at radius 3 is 1.79 bits per heavy atom. The van der Waals surface area contributed by atoms with E-state index in [0.29, 0.717) is 0 Å². The molecule has 0 radical (unpaired) electrons. The monoisotopic (exact) mass is 423 g/mol. The van der Waals surface area contributed by atoms with Crippen LogP contribution in [0.4, 0.5) is 11.4 Å². The SMILES string of the molecule is C=CC(=C)N(c1ccccc1)c1ccc(C=Cc2ccc3cc4ccccc4cc3c2)cc1. The minimum absolute atomic E-state index is 0.841. The first-order valence-electron chi connectivity index (χ1n) is 11.1. The van der Waals surface area contributed by atoms with E-state index < -0.39 is 0 Å². The summed E-state index contributed by atoms with van der Waals surface area (Å²) < 4.78 is 0. The van der Waals surface area contributed by atoms with Gasteiger partial charge in [-0.15, -0.1) is 0 Å². The van der Waals surface area contributed by atoms with E-state index in [1.165, 1.54) is 27.1 Å². The maximum Gasteiger partial charge on any atom is 0.0461 e. The zero-order chi connectivity index (χ0) is 22.6. The van der Waals surface area contributed by atoms with E-state index >= 15 is 0 Å². The van der Waals surface area contributed by atoms with Crippen LogP contribution < -0.4 is 4.90 Å². The van der Waals surface area contributed by atoms with E-state index in [2.05, 4.69) is 121 Å². The lowest BCUT2D eigenvalue weighted by molar-refractivity contribution is 1.22. The average molecular weight is 424 g/mol. The van der Waals surface area contributed by atoms with Crippen LogP contribution in [0.2, 0.25) is 0 Å². The normalized spacial score (nSPS) is 11.2. The predicted octanol–water partition coefficient (Wildman–Crippen LogP) is 9.00. The number of rotatable bonds is 6. The molecule has 5 rings (SSSR count). The number of para-hydroxylation sites is 1. The van der Waals surface area contributed by atoms with Gasteiger partial charge in [-0.25, -0.2) is 0 Å². The highest BCUT2D eigenvalue weighted by Crippen LogP contribution is 2.30. The van der Waals surface area contributed by atoms with E-state index in [1.807, 2.05) is 18.2 Å². The summed E-state index contributed by atoms with van der Waals surface area (Å²) in [5.41, 5.74) is 5.30. The second-order valence-corrected chi connectivity index (χ2v) is 8.10. The van der Waals surface area contributed by atoms with Gasteiger partial charge in [0.05, 0.1) is 0 Å². The van der Waals surface area contributed by atoms with Gasteiger partial charge in [0.1, 0.15) is 0 Å². The van der Waals surface area contributed by atoms with E-state index in [9.17, 15) is 0 Å². The third-order valence-corrected chi connectivity index (χ3v) is 5.89. The van der Waals surface area contributed by atoms with Crippen molar-refractivity contribution in [3.05, 3.63) is 145 Å². The Morgan fingerprint density at radius 2 is 1.09 bits per heavy atom. The van der Waals surface area contributed by atoms with Crippen molar-refractivity contribution in [3.8, 4) is 0 Å². The molecule has 0 aliphatic carbocycles. The summed E-state index contributed by atoms with van der Waals surface area (Å²) in [7, 11) is 0. The molecular weight excluding hydrogens is 398 g/mol. The number of allylic oxidation sites excluding steroid dienone is 1. The van der Waals surface area contributed by atoms with Crippen LogP contribution in [0.25, 0.3) is 33.7 Å². The molecule has 0 saturated carbocycles. The van der Waals surface area contributed by atoms with Gasteiger partial charge >= 0.3 is 0 Å². The molecule has 0 heterocycles. The van der Waals surface area contributed by atoms with Gasteiger partial charge in [-0.1, -0.05) is 92.0 Å². The molecule has 158 valence electrons. The number of benzene rings is 5. The molecule has 0 aromatic heterocycles. The summed E-state index contributed by atoms with van der Waals surface area (Å²) in [6.45, 7) is 8.06. The third kappa shape index (κ3) is 4.35. The highest BCUT2D eigenvalue weighted by atomic mass is 15.1. The molecule has 0 atom stereocenters. The van der Waals surface area contributed by atoms with Crippen molar-refractivity contribution in [1.82, 2.24) is 0 Å². The fraction of sp³-hybridized carbons (Fsp3) is 0. The van der Waals surface area contributed by atoms with Crippen LogP contribution in [0.15, 0.2) is 134 Å². The topological polar surface area (TPSA) is 3.24 Å². The van der Waals surface area contributed by atoms with Gasteiger partial charge in [0, 0.05) is 17.1 Å². The summed E-state index contributed by atoms with van der Waals surface area (Å²) >= 11 is 0. The molecule has 0 fully saturated rings. The number of fused-ring (bicyclic) bond motifs is 2. The van der Waals surface area contributed by atoms with Crippen LogP contribution >= 0.6 is 0 Å². The second kappa shape index (κ2) is 9.02. The number of nitrogens with zero attached hydrogens (tertiary/aromatic N) is 1. The maximum atomic E-state index is 4.16. The lowest BCUT2D eigenvalue weighted by Gasteiger charge is -2.25. The van der Waals surface area contributed by atoms with Gasteiger partial charge in [-0.05, 0) is 81.2 Å². The summed E-state index contributed by atoms with van der Waals surface area (Å²) in [4.78, 5) is 2.11. The van der Waals surface area contributed by atoms with Crippen LogP contribution in [0.5, 0.6) is 0 Å². The molecule has 5 aromatic carbocycles. The number of anilines is 2. The Labute approximate surface area is 195 Å². The zero-order valence-corrected chi connectivity index (χ0v) is 18.5. The van der Waals surface area contributed by atoms with Crippen molar-refractivity contribution >= 4 is 45.1 Å². The summed E-state index contributed by atoms with van der Waals surface area (Å²) in [5.74, 6) is 0. The molecule has 1 nitrogen and oxygen atoms in total. The van der Waals surface area contributed by atoms with Crippen molar-refractivity contribution < 1.29 is 0 Å². The Morgan fingerprint density at radius 1 is 0.545 bits per heavy atom. The quantitative estimate of drug-likeness (QED) is 0.150. The minimum atomic E-state index is 0.841. The van der Waals surface area contributed by atoms with Crippen molar-refractivity contribution in [1.29, 1.82) is 0 Å². The molecule has 0 amide bonds. The van der Waals surface area contributed by atoms with Gasteiger partial charge in [0.25, 0.3) is 0 Å². The van der Waals surface area contributed by atoms with E-state index in [1.54, 1.807) is 6.08 Å². The molecule has 0 N–H and O–H groups in total. The second-order valence-electron chi connectivity index (χ2n) is 8.10. The summed E-state index contributed by atoms with van der Waals surface area (Å²) in [6, 6.07) is 38.4. The molecule has 0 aliphatic heterocycles. The Kier molecular flexibility index (Phi) is 5.61. The largest absolute Gasteiger partial charge is 0.311 e. The van der Waals surface area contributed by atoms with Gasteiger partial charge in [0.15, 0.2) is 0 Å². The van der Waals surface area contributed by atoms with E-state index in [-0.39, 0.29) is 0 Å². The molecule has 0 saturated heterocycles. The molecule has 0 unspecified atom stereocenters. The molecule has 5 aromatic rings. The number of hydrogen-bond donors (Lipinski definition) is 0. The zero-order valence-electron chi connectivity index (χ0n) is 18.5. The molecular formula is C32H25N. The van der Waals surface area contributed by atoms with Crippen molar-refractivity contribution in [2.24, 2.45) is 0 Å². The van der Waals surface area contributed by atoms with Crippen molar-refractivity contribution in [2.75, 3.05) is 4.90 Å². The van der Waals surface area contributed by atoms with Gasteiger partial charge in [-0.2, -0.15) is 0 Å². The van der Waals surface area contributed by atoms with E-state index in [4.69, 9.17) is 0 Å². The molecule has 33 heavy (non-hydrogen) atoms. The molecule has 1 heteroatoms. The average Bonchev–Trinajstić information content (AvgIpc) is 2.87. The fourth-order valence-corrected chi connectivity index (χ4v) is 4.14. The molecule has 0 spiro atoms. The lowest BCUT2D eigenvalue weighted by atomic mass is 10.0. The predicted molar refractivity (Wildman–Crippen MR) is 145 cm³/mol. The summed E-state index contributed by atoms with van der Waals surface area (Å²) in [6.07, 6.45) is 6.10. The van der Waals surface area contributed by atoms with Crippen LogP contribution in [-0.2, 0) is 0 Å². The standard InChI is InChI=1S/C32H25N/c1-3-24(2)33(31-11-5-4-6-12-31)32-19-16-25(17-20-32)13-14-26-15-18-29-22-27-9-7-8-10-28(27)23-30(29)21-26/h3-23H,1-2H2.